The second-order valence-corrected chi connectivity index (χ2v) is 3.42. The molecule has 0 aliphatic heterocycles. The molecule has 2 unspecified atom stereocenters. The average Bonchev–Trinajstić information content (AvgIpc) is 2.06. The van der Waals surface area contributed by atoms with E-state index in [9.17, 15) is 0 Å². The normalized spacial score (nSPS) is 31.0. The highest BCUT2D eigenvalue weighted by atomic mass is 32.1. The summed E-state index contributed by atoms with van der Waals surface area (Å²) in [4.78, 5) is 4.20. The van der Waals surface area contributed by atoms with Crippen LogP contribution in [0.3, 0.4) is 0 Å². The smallest absolute Gasteiger partial charge is 0.0630 e. The first kappa shape index (κ1) is 8.89. The molecule has 1 fully saturated rings. The van der Waals surface area contributed by atoms with Gasteiger partial charge in [0.05, 0.1) is 11.2 Å². The highest BCUT2D eigenvalue weighted by Gasteiger charge is 2.22. The van der Waals surface area contributed by atoms with E-state index >= 15 is 0 Å². The second-order valence-electron chi connectivity index (χ2n) is 3.24. The topological polar surface area (TPSA) is 12.4 Å². The van der Waals surface area contributed by atoms with Crippen molar-refractivity contribution in [2.75, 3.05) is 0 Å². The van der Waals surface area contributed by atoms with Crippen LogP contribution in [0.15, 0.2) is 4.99 Å². The Balaban J connectivity index is 2.50. The van der Waals surface area contributed by atoms with Gasteiger partial charge in [0.1, 0.15) is 0 Å². The molecule has 0 saturated heterocycles. The van der Waals surface area contributed by atoms with Crippen LogP contribution in [0.25, 0.3) is 0 Å². The van der Waals surface area contributed by atoms with E-state index in [0.29, 0.717) is 6.04 Å². The standard InChI is InChI=1S/C9H15NS/c1-2-8-5-3-4-6-9(8)10-7-11/h8-9H,2-6H2,1H3. The van der Waals surface area contributed by atoms with Gasteiger partial charge in [-0.3, -0.25) is 0 Å². The van der Waals surface area contributed by atoms with Crippen LogP contribution in [-0.4, -0.2) is 11.2 Å². The lowest BCUT2D eigenvalue weighted by Crippen LogP contribution is -2.21. The van der Waals surface area contributed by atoms with Crippen molar-refractivity contribution in [3.8, 4) is 0 Å². The van der Waals surface area contributed by atoms with Crippen molar-refractivity contribution in [1.29, 1.82) is 0 Å². The van der Waals surface area contributed by atoms with E-state index in [2.05, 4.69) is 29.3 Å². The number of hydrogen-bond donors (Lipinski definition) is 0. The summed E-state index contributed by atoms with van der Waals surface area (Å²) < 4.78 is 0. The van der Waals surface area contributed by atoms with E-state index in [1.54, 1.807) is 0 Å². The van der Waals surface area contributed by atoms with Crippen LogP contribution in [0.5, 0.6) is 0 Å². The van der Waals surface area contributed by atoms with Crippen molar-refractivity contribution < 1.29 is 0 Å². The highest BCUT2D eigenvalue weighted by Crippen LogP contribution is 2.28. The van der Waals surface area contributed by atoms with Gasteiger partial charge in [0.2, 0.25) is 0 Å². The molecular weight excluding hydrogens is 154 g/mol. The molecule has 0 amide bonds. The molecule has 0 aromatic carbocycles. The maximum Gasteiger partial charge on any atom is 0.0630 e. The van der Waals surface area contributed by atoms with E-state index in [0.717, 1.165) is 5.92 Å². The molecule has 1 nitrogen and oxygen atoms in total. The molecule has 0 radical (unpaired) electrons. The third kappa shape index (κ3) is 2.39. The minimum absolute atomic E-state index is 0.492. The van der Waals surface area contributed by atoms with Crippen LogP contribution < -0.4 is 0 Å². The molecule has 62 valence electrons. The molecule has 2 heteroatoms. The molecule has 0 spiro atoms. The van der Waals surface area contributed by atoms with Gasteiger partial charge in [0, 0.05) is 0 Å². The summed E-state index contributed by atoms with van der Waals surface area (Å²) in [6, 6.07) is 0.492. The fourth-order valence-electron chi connectivity index (χ4n) is 1.90. The molecule has 1 saturated carbocycles. The maximum absolute atomic E-state index is 4.62. The zero-order valence-corrected chi connectivity index (χ0v) is 7.86. The van der Waals surface area contributed by atoms with Crippen LogP contribution >= 0.6 is 12.2 Å². The van der Waals surface area contributed by atoms with Gasteiger partial charge in [-0.15, -0.1) is 0 Å². The molecule has 0 aromatic rings. The van der Waals surface area contributed by atoms with Gasteiger partial charge in [-0.2, -0.15) is 0 Å². The Morgan fingerprint density at radius 1 is 1.45 bits per heavy atom. The lowest BCUT2D eigenvalue weighted by atomic mass is 9.83. The first-order chi connectivity index (χ1) is 5.38. The summed E-state index contributed by atoms with van der Waals surface area (Å²) >= 11 is 4.62. The van der Waals surface area contributed by atoms with E-state index in [1.165, 1.54) is 32.1 Å². The van der Waals surface area contributed by atoms with Crippen LogP contribution in [-0.2, 0) is 0 Å². The zero-order chi connectivity index (χ0) is 8.10. The SMILES string of the molecule is CCC1CCCCC1N=C=S. The predicted octanol–water partition coefficient (Wildman–Crippen LogP) is 3.06. The van der Waals surface area contributed by atoms with Crippen molar-refractivity contribution >= 4 is 17.4 Å². The van der Waals surface area contributed by atoms with Crippen LogP contribution in [0.1, 0.15) is 39.0 Å². The van der Waals surface area contributed by atoms with Crippen molar-refractivity contribution in [2.24, 2.45) is 10.9 Å². The van der Waals surface area contributed by atoms with Crippen LogP contribution in [0.4, 0.5) is 0 Å². The lowest BCUT2D eigenvalue weighted by Gasteiger charge is -2.26. The minimum Gasteiger partial charge on any atom is -0.229 e. The summed E-state index contributed by atoms with van der Waals surface area (Å²) in [5.41, 5.74) is 0. The number of aliphatic imine (C=N–C) groups is 1. The molecular formula is C9H15NS. The third-order valence-electron chi connectivity index (χ3n) is 2.61. The average molecular weight is 169 g/mol. The first-order valence-electron chi connectivity index (χ1n) is 4.45. The summed E-state index contributed by atoms with van der Waals surface area (Å²) in [6.07, 6.45) is 6.50. The van der Waals surface area contributed by atoms with Gasteiger partial charge in [0.15, 0.2) is 0 Å². The largest absolute Gasteiger partial charge is 0.229 e. The number of rotatable bonds is 2. The minimum atomic E-state index is 0.492. The van der Waals surface area contributed by atoms with Gasteiger partial charge < -0.3 is 0 Å². The lowest BCUT2D eigenvalue weighted by molar-refractivity contribution is 0.303. The Morgan fingerprint density at radius 3 is 2.82 bits per heavy atom. The fourth-order valence-corrected chi connectivity index (χ4v) is 2.04. The zero-order valence-electron chi connectivity index (χ0n) is 7.05. The van der Waals surface area contributed by atoms with Gasteiger partial charge in [0.25, 0.3) is 0 Å². The molecule has 1 aliphatic carbocycles. The molecule has 0 bridgehead atoms. The second kappa shape index (κ2) is 4.63. The molecule has 0 heterocycles. The van der Waals surface area contributed by atoms with Gasteiger partial charge >= 0.3 is 0 Å². The Bertz CT molecular complexity index is 161. The molecule has 1 rings (SSSR count). The fraction of sp³-hybridized carbons (Fsp3) is 0.889. The molecule has 1 aliphatic rings. The summed E-state index contributed by atoms with van der Waals surface area (Å²) in [6.45, 7) is 2.24. The molecule has 0 N–H and O–H groups in total. The summed E-state index contributed by atoms with van der Waals surface area (Å²) in [7, 11) is 0. The number of isothiocyanates is 1. The monoisotopic (exact) mass is 169 g/mol. The van der Waals surface area contributed by atoms with Crippen LogP contribution in [0, 0.1) is 5.92 Å². The number of hydrogen-bond acceptors (Lipinski definition) is 2. The van der Waals surface area contributed by atoms with E-state index < -0.39 is 0 Å². The molecule has 0 aromatic heterocycles. The number of thiocarbonyl (C=S) groups is 1. The summed E-state index contributed by atoms with van der Waals surface area (Å²) in [5, 5.41) is 2.51. The quantitative estimate of drug-likeness (QED) is 0.457. The van der Waals surface area contributed by atoms with Crippen molar-refractivity contribution in [3.05, 3.63) is 0 Å². The van der Waals surface area contributed by atoms with E-state index in [4.69, 9.17) is 0 Å². The molecule has 2 atom stereocenters. The molecule has 11 heavy (non-hydrogen) atoms. The Hall–Kier alpha value is -0.200. The van der Waals surface area contributed by atoms with Crippen molar-refractivity contribution in [2.45, 2.75) is 45.1 Å². The van der Waals surface area contributed by atoms with Gasteiger partial charge in [-0.1, -0.05) is 26.2 Å². The van der Waals surface area contributed by atoms with Crippen molar-refractivity contribution in [3.63, 3.8) is 0 Å². The predicted molar refractivity (Wildman–Crippen MR) is 51.1 cm³/mol. The van der Waals surface area contributed by atoms with Gasteiger partial charge in [-0.25, -0.2) is 4.99 Å². The number of nitrogens with zero attached hydrogens (tertiary/aromatic N) is 1. The van der Waals surface area contributed by atoms with Crippen LogP contribution in [0.2, 0.25) is 0 Å². The maximum atomic E-state index is 4.62. The summed E-state index contributed by atoms with van der Waals surface area (Å²) in [5.74, 6) is 0.777. The third-order valence-corrected chi connectivity index (χ3v) is 2.72. The highest BCUT2D eigenvalue weighted by molar-refractivity contribution is 7.78. The Morgan fingerprint density at radius 2 is 2.18 bits per heavy atom. The van der Waals surface area contributed by atoms with Crippen molar-refractivity contribution in [1.82, 2.24) is 0 Å². The Labute approximate surface area is 73.9 Å². The first-order valence-corrected chi connectivity index (χ1v) is 4.86. The van der Waals surface area contributed by atoms with Gasteiger partial charge in [-0.05, 0) is 31.0 Å². The Kier molecular flexibility index (Phi) is 3.74. The van der Waals surface area contributed by atoms with E-state index in [-0.39, 0.29) is 0 Å². The van der Waals surface area contributed by atoms with E-state index in [1.807, 2.05) is 0 Å².